The van der Waals surface area contributed by atoms with Crippen LogP contribution in [-0.4, -0.2) is 96.7 Å². The smallest absolute Gasteiger partial charge is 0.462 e. The van der Waals surface area contributed by atoms with Crippen molar-refractivity contribution in [1.29, 1.82) is 0 Å². The highest BCUT2D eigenvalue weighted by molar-refractivity contribution is 7.47. The predicted molar refractivity (Wildman–Crippen MR) is 377 cm³/mol. The van der Waals surface area contributed by atoms with Crippen LogP contribution in [0.15, 0.2) is 0 Å². The molecule has 17 nitrogen and oxygen atoms in total. The molecule has 0 saturated heterocycles. The summed E-state index contributed by atoms with van der Waals surface area (Å²) in [5.41, 5.74) is 0. The quantitative estimate of drug-likeness (QED) is 0.0222. The Labute approximate surface area is 568 Å². The van der Waals surface area contributed by atoms with Crippen molar-refractivity contribution in [3.05, 3.63) is 0 Å². The zero-order valence-electron chi connectivity index (χ0n) is 60.4. The molecule has 0 aromatic carbocycles. The van der Waals surface area contributed by atoms with E-state index in [2.05, 4.69) is 34.6 Å². The van der Waals surface area contributed by atoms with Gasteiger partial charge >= 0.3 is 39.5 Å². The number of hydrogen-bond donors (Lipinski definition) is 3. The first-order chi connectivity index (χ1) is 45.0. The summed E-state index contributed by atoms with van der Waals surface area (Å²) in [5, 5.41) is 10.6. The molecule has 2 unspecified atom stereocenters. The third-order valence-electron chi connectivity index (χ3n) is 17.3. The highest BCUT2D eigenvalue weighted by Gasteiger charge is 2.30. The number of carbonyl (C=O) groups is 4. The van der Waals surface area contributed by atoms with Crippen LogP contribution < -0.4 is 0 Å². The van der Waals surface area contributed by atoms with E-state index in [9.17, 15) is 43.2 Å². The van der Waals surface area contributed by atoms with Crippen molar-refractivity contribution in [2.45, 2.75) is 406 Å². The van der Waals surface area contributed by atoms with Gasteiger partial charge in [-0.2, -0.15) is 0 Å². The first-order valence-electron chi connectivity index (χ1n) is 38.6. The largest absolute Gasteiger partial charge is 0.472 e. The van der Waals surface area contributed by atoms with Crippen LogP contribution in [-0.2, 0) is 65.4 Å². The molecule has 0 fully saturated rings. The second-order valence-electron chi connectivity index (χ2n) is 27.2. The van der Waals surface area contributed by atoms with Gasteiger partial charge in [0.25, 0.3) is 0 Å². The number of rotatable bonds is 74. The van der Waals surface area contributed by atoms with Gasteiger partial charge in [-0.15, -0.1) is 0 Å². The number of unbranched alkanes of at least 4 members (excludes halogenated alkanes) is 46. The molecule has 0 aliphatic heterocycles. The average molecular weight is 1370 g/mol. The topological polar surface area (TPSA) is 237 Å². The Hall–Kier alpha value is -1.94. The molecule has 0 radical (unpaired) electrons. The third-order valence-corrected chi connectivity index (χ3v) is 19.2. The molecule has 0 aromatic heterocycles. The highest BCUT2D eigenvalue weighted by Crippen LogP contribution is 2.45. The van der Waals surface area contributed by atoms with E-state index >= 15 is 0 Å². The molecule has 0 aromatic rings. The molecule has 0 aliphatic rings. The summed E-state index contributed by atoms with van der Waals surface area (Å²) in [6.07, 6.45) is 55.8. The lowest BCUT2D eigenvalue weighted by Crippen LogP contribution is -2.30. The van der Waals surface area contributed by atoms with Crippen molar-refractivity contribution in [3.63, 3.8) is 0 Å². The lowest BCUT2D eigenvalue weighted by molar-refractivity contribution is -0.161. The summed E-state index contributed by atoms with van der Waals surface area (Å²) in [7, 11) is -9.90. The minimum Gasteiger partial charge on any atom is -0.462 e. The maximum atomic E-state index is 13.1. The number of ether oxygens (including phenoxy) is 4. The van der Waals surface area contributed by atoms with Gasteiger partial charge in [-0.05, 0) is 31.6 Å². The minimum atomic E-state index is -4.95. The molecule has 0 spiro atoms. The lowest BCUT2D eigenvalue weighted by atomic mass is 10.0. The molecule has 0 rings (SSSR count). The fourth-order valence-electron chi connectivity index (χ4n) is 11.4. The van der Waals surface area contributed by atoms with Gasteiger partial charge in [0, 0.05) is 25.7 Å². The maximum Gasteiger partial charge on any atom is 0.472 e. The van der Waals surface area contributed by atoms with Gasteiger partial charge in [0.2, 0.25) is 0 Å². The molecule has 0 amide bonds. The van der Waals surface area contributed by atoms with Crippen LogP contribution in [0, 0.1) is 5.92 Å². The number of phosphoric acid groups is 2. The second kappa shape index (κ2) is 67.3. The van der Waals surface area contributed by atoms with Crippen LogP contribution in [0.5, 0.6) is 0 Å². The minimum absolute atomic E-state index is 0.106. The van der Waals surface area contributed by atoms with Crippen molar-refractivity contribution >= 4 is 39.5 Å². The number of aliphatic hydroxyl groups is 1. The Balaban J connectivity index is 5.13. The Morgan fingerprint density at radius 3 is 0.731 bits per heavy atom. The average Bonchev–Trinajstić information content (AvgIpc) is 2.70. The van der Waals surface area contributed by atoms with Gasteiger partial charge in [-0.1, -0.05) is 336 Å². The molecular weight excluding hydrogens is 1220 g/mol. The number of hydrogen-bond acceptors (Lipinski definition) is 15. The van der Waals surface area contributed by atoms with E-state index < -0.39 is 97.5 Å². The molecular formula is C74H144O17P2. The van der Waals surface area contributed by atoms with E-state index in [0.717, 1.165) is 109 Å². The van der Waals surface area contributed by atoms with E-state index in [-0.39, 0.29) is 25.7 Å². The second-order valence-corrected chi connectivity index (χ2v) is 30.1. The molecule has 0 heterocycles. The summed E-state index contributed by atoms with van der Waals surface area (Å²) in [6, 6.07) is 0. The Morgan fingerprint density at radius 2 is 0.495 bits per heavy atom. The molecule has 0 bridgehead atoms. The van der Waals surface area contributed by atoms with Crippen LogP contribution in [0.25, 0.3) is 0 Å². The monoisotopic (exact) mass is 1370 g/mol. The van der Waals surface area contributed by atoms with E-state index in [1.807, 2.05) is 0 Å². The summed E-state index contributed by atoms with van der Waals surface area (Å²) in [4.78, 5) is 72.5. The number of carbonyl (C=O) groups excluding carboxylic acids is 4. The maximum absolute atomic E-state index is 13.1. The zero-order valence-corrected chi connectivity index (χ0v) is 62.2. The first-order valence-corrected chi connectivity index (χ1v) is 41.6. The fraction of sp³-hybridized carbons (Fsp3) is 0.946. The van der Waals surface area contributed by atoms with E-state index in [4.69, 9.17) is 37.0 Å². The summed E-state index contributed by atoms with van der Waals surface area (Å²) in [5.74, 6) is -1.35. The number of esters is 4. The fourth-order valence-corrected chi connectivity index (χ4v) is 12.9. The van der Waals surface area contributed by atoms with E-state index in [0.29, 0.717) is 25.7 Å². The molecule has 19 heteroatoms. The summed E-state index contributed by atoms with van der Waals surface area (Å²) < 4.78 is 68.3. The van der Waals surface area contributed by atoms with E-state index in [1.54, 1.807) is 0 Å². The molecule has 0 saturated carbocycles. The number of phosphoric ester groups is 2. The van der Waals surface area contributed by atoms with Crippen molar-refractivity contribution in [2.24, 2.45) is 5.92 Å². The molecule has 3 N–H and O–H groups in total. The zero-order chi connectivity index (χ0) is 68.4. The molecule has 5 atom stereocenters. The Kier molecular flexibility index (Phi) is 65.9. The molecule has 552 valence electrons. The van der Waals surface area contributed by atoms with Gasteiger partial charge in [-0.25, -0.2) is 9.13 Å². The van der Waals surface area contributed by atoms with Gasteiger partial charge in [0.05, 0.1) is 26.4 Å². The van der Waals surface area contributed by atoms with Crippen molar-refractivity contribution in [1.82, 2.24) is 0 Å². The normalized spacial score (nSPS) is 14.0. The Bertz CT molecular complexity index is 1790. The third kappa shape index (κ3) is 68.4. The van der Waals surface area contributed by atoms with Crippen molar-refractivity contribution in [2.75, 3.05) is 39.6 Å². The van der Waals surface area contributed by atoms with Crippen molar-refractivity contribution < 1.29 is 80.2 Å². The first kappa shape index (κ1) is 91.1. The molecule has 93 heavy (non-hydrogen) atoms. The summed E-state index contributed by atoms with van der Waals surface area (Å²) >= 11 is 0. The van der Waals surface area contributed by atoms with Crippen LogP contribution in [0.4, 0.5) is 0 Å². The highest BCUT2D eigenvalue weighted by atomic mass is 31.2. The lowest BCUT2D eigenvalue weighted by Gasteiger charge is -2.21. The standard InChI is InChI=1S/C74H144O17P2/c1-6-9-12-15-18-20-22-23-24-25-26-27-28-29-30-31-32-35-40-45-50-55-60-74(79)91-70(64-85-72(77)58-53-48-43-39-36-33-34-37-42-46-51-56-67(4)5)66-89-93(82,83)87-62-68(75)61-86-92(80,81)88-65-69(63-84-71(76)57-52-47-41-17-14-11-8-3)90-73(78)59-54-49-44-38-21-19-16-13-10-7-2/h67-70,75H,6-66H2,1-5H3,(H,80,81)(H,82,83)/t68-,69+,70+/m0/s1. The predicted octanol–water partition coefficient (Wildman–Crippen LogP) is 21.7. The van der Waals surface area contributed by atoms with Gasteiger partial charge < -0.3 is 33.8 Å². The van der Waals surface area contributed by atoms with Crippen LogP contribution in [0.2, 0.25) is 0 Å². The van der Waals surface area contributed by atoms with Gasteiger partial charge in [0.15, 0.2) is 12.2 Å². The Morgan fingerprint density at radius 1 is 0.290 bits per heavy atom. The van der Waals surface area contributed by atoms with Crippen molar-refractivity contribution in [3.8, 4) is 0 Å². The number of aliphatic hydroxyl groups excluding tert-OH is 1. The SMILES string of the molecule is CCCCCCCCCCCCCCCCCCCCCCCCC(=O)O[C@H](COC(=O)CCCCCCCCCCCCCC(C)C)COP(=O)(O)OC[C@@H](O)COP(=O)(O)OC[C@@H](COC(=O)CCCCCCCCC)OC(=O)CCCCCCCCCCCC. The van der Waals surface area contributed by atoms with Gasteiger partial charge in [0.1, 0.15) is 19.3 Å². The van der Waals surface area contributed by atoms with Crippen LogP contribution in [0.1, 0.15) is 388 Å². The van der Waals surface area contributed by atoms with Crippen LogP contribution in [0.3, 0.4) is 0 Å². The van der Waals surface area contributed by atoms with Crippen LogP contribution >= 0.6 is 15.6 Å². The van der Waals surface area contributed by atoms with Gasteiger partial charge in [-0.3, -0.25) is 37.3 Å². The molecule has 0 aliphatic carbocycles. The van der Waals surface area contributed by atoms with E-state index in [1.165, 1.54) is 199 Å². The summed E-state index contributed by atoms with van der Waals surface area (Å²) in [6.45, 7) is 7.22.